The molecular formula is C26H27ClFN3O4S. The number of benzene rings is 3. The van der Waals surface area contributed by atoms with Crippen molar-refractivity contribution >= 4 is 39.1 Å². The lowest BCUT2D eigenvalue weighted by atomic mass is 10.1. The third-order valence-electron chi connectivity index (χ3n) is 5.48. The second-order valence-corrected chi connectivity index (χ2v) is 10.3. The molecule has 1 atom stereocenters. The van der Waals surface area contributed by atoms with E-state index in [1.165, 1.54) is 4.90 Å². The minimum atomic E-state index is -4.24. The molecule has 7 nitrogen and oxygen atoms in total. The number of carbonyl (C=O) groups is 2. The fourth-order valence-corrected chi connectivity index (χ4v) is 5.22. The number of halogens is 2. The van der Waals surface area contributed by atoms with Gasteiger partial charge in [0.25, 0.3) is 10.0 Å². The molecule has 0 aliphatic rings. The third-order valence-corrected chi connectivity index (χ3v) is 7.51. The Labute approximate surface area is 215 Å². The van der Waals surface area contributed by atoms with E-state index in [2.05, 4.69) is 5.32 Å². The topological polar surface area (TPSA) is 86.8 Å². The molecule has 190 valence electrons. The number of rotatable bonds is 10. The van der Waals surface area contributed by atoms with Gasteiger partial charge in [-0.25, -0.2) is 12.8 Å². The van der Waals surface area contributed by atoms with E-state index in [1.807, 2.05) is 0 Å². The number of hydrogen-bond donors (Lipinski definition) is 1. The van der Waals surface area contributed by atoms with Crippen molar-refractivity contribution in [1.82, 2.24) is 10.2 Å². The van der Waals surface area contributed by atoms with Gasteiger partial charge in [0.15, 0.2) is 0 Å². The predicted molar refractivity (Wildman–Crippen MR) is 138 cm³/mol. The van der Waals surface area contributed by atoms with Crippen LogP contribution in [-0.2, 0) is 26.2 Å². The lowest BCUT2D eigenvalue weighted by Gasteiger charge is -2.32. The summed E-state index contributed by atoms with van der Waals surface area (Å²) in [5.74, 6) is -1.55. The first-order valence-electron chi connectivity index (χ1n) is 11.3. The summed E-state index contributed by atoms with van der Waals surface area (Å²) < 4.78 is 41.5. The zero-order valence-electron chi connectivity index (χ0n) is 19.9. The zero-order valence-corrected chi connectivity index (χ0v) is 21.5. The van der Waals surface area contributed by atoms with Crippen LogP contribution in [0.3, 0.4) is 0 Å². The second-order valence-electron chi connectivity index (χ2n) is 8.02. The Morgan fingerprint density at radius 1 is 1.00 bits per heavy atom. The van der Waals surface area contributed by atoms with Crippen molar-refractivity contribution in [2.45, 2.75) is 31.3 Å². The average molecular weight is 532 g/mol. The van der Waals surface area contributed by atoms with Crippen LogP contribution < -0.4 is 9.62 Å². The molecular weight excluding hydrogens is 505 g/mol. The van der Waals surface area contributed by atoms with Crippen LogP contribution in [0.5, 0.6) is 0 Å². The molecule has 10 heteroatoms. The van der Waals surface area contributed by atoms with Crippen molar-refractivity contribution in [3.8, 4) is 0 Å². The van der Waals surface area contributed by atoms with Gasteiger partial charge in [-0.15, -0.1) is 0 Å². The quantitative estimate of drug-likeness (QED) is 0.424. The van der Waals surface area contributed by atoms with Gasteiger partial charge in [0.2, 0.25) is 11.8 Å². The molecule has 0 aliphatic carbocycles. The van der Waals surface area contributed by atoms with Crippen LogP contribution in [0.15, 0.2) is 83.8 Å². The Balaban J connectivity index is 2.00. The number of amides is 2. The zero-order chi connectivity index (χ0) is 26.3. The Hall–Kier alpha value is -3.43. The Morgan fingerprint density at radius 3 is 2.28 bits per heavy atom. The van der Waals surface area contributed by atoms with Gasteiger partial charge in [-0.3, -0.25) is 13.9 Å². The number of carbonyl (C=O) groups excluding carboxylic acids is 2. The molecule has 1 N–H and O–H groups in total. The molecule has 3 aromatic carbocycles. The lowest BCUT2D eigenvalue weighted by Crippen LogP contribution is -2.51. The summed E-state index contributed by atoms with van der Waals surface area (Å²) >= 11 is 6.11. The first-order chi connectivity index (χ1) is 17.1. The number of para-hydroxylation sites is 1. The first kappa shape index (κ1) is 27.2. The summed E-state index contributed by atoms with van der Waals surface area (Å²) in [6.07, 6.45) is 0. The number of nitrogens with one attached hydrogen (secondary N) is 1. The van der Waals surface area contributed by atoms with Crippen molar-refractivity contribution in [3.63, 3.8) is 0 Å². The molecule has 0 unspecified atom stereocenters. The average Bonchev–Trinajstić information content (AvgIpc) is 2.86. The van der Waals surface area contributed by atoms with E-state index >= 15 is 0 Å². The smallest absolute Gasteiger partial charge is 0.264 e. The maximum absolute atomic E-state index is 13.6. The molecule has 2 amide bonds. The van der Waals surface area contributed by atoms with Gasteiger partial charge in [0, 0.05) is 18.1 Å². The summed E-state index contributed by atoms with van der Waals surface area (Å²) in [4.78, 5) is 27.4. The van der Waals surface area contributed by atoms with Crippen LogP contribution in [0, 0.1) is 5.82 Å². The molecule has 3 aromatic rings. The summed E-state index contributed by atoms with van der Waals surface area (Å²) in [5, 5.41) is 3.17. The molecule has 0 bridgehead atoms. The van der Waals surface area contributed by atoms with E-state index in [0.29, 0.717) is 17.1 Å². The molecule has 36 heavy (non-hydrogen) atoms. The fourth-order valence-electron chi connectivity index (χ4n) is 3.59. The molecule has 0 aliphatic heterocycles. The van der Waals surface area contributed by atoms with Gasteiger partial charge >= 0.3 is 0 Å². The molecule has 0 spiro atoms. The molecule has 0 saturated heterocycles. The monoisotopic (exact) mass is 531 g/mol. The molecule has 0 fully saturated rings. The minimum Gasteiger partial charge on any atom is -0.355 e. The number of anilines is 1. The molecule has 0 radical (unpaired) electrons. The largest absolute Gasteiger partial charge is 0.355 e. The first-order valence-corrected chi connectivity index (χ1v) is 13.1. The van der Waals surface area contributed by atoms with E-state index in [4.69, 9.17) is 11.6 Å². The Bertz CT molecular complexity index is 1300. The predicted octanol–water partition coefficient (Wildman–Crippen LogP) is 4.23. The standard InChI is InChI=1S/C26H27ClFN3O4S/c1-3-29-26(33)19(2)30(17-20-8-7-9-21(27)16-20)25(32)18-31(23-10-5-4-6-11-23)36(34,35)24-14-12-22(28)13-15-24/h4-16,19H,3,17-18H2,1-2H3,(H,29,33)/t19-/m1/s1. The van der Waals surface area contributed by atoms with Gasteiger partial charge in [-0.1, -0.05) is 41.9 Å². The maximum Gasteiger partial charge on any atom is 0.264 e. The van der Waals surface area contributed by atoms with Crippen molar-refractivity contribution in [2.24, 2.45) is 0 Å². The highest BCUT2D eigenvalue weighted by atomic mass is 35.5. The molecule has 0 saturated carbocycles. The highest BCUT2D eigenvalue weighted by molar-refractivity contribution is 7.92. The lowest BCUT2D eigenvalue weighted by molar-refractivity contribution is -0.139. The summed E-state index contributed by atoms with van der Waals surface area (Å²) in [5.41, 5.74) is 0.934. The van der Waals surface area contributed by atoms with Crippen molar-refractivity contribution in [1.29, 1.82) is 0 Å². The summed E-state index contributed by atoms with van der Waals surface area (Å²) in [6, 6.07) is 18.5. The van der Waals surface area contributed by atoms with E-state index in [1.54, 1.807) is 68.4 Å². The number of sulfonamides is 1. The molecule has 0 aromatic heterocycles. The SMILES string of the molecule is CCNC(=O)[C@@H](C)N(Cc1cccc(Cl)c1)C(=O)CN(c1ccccc1)S(=O)(=O)c1ccc(F)cc1. The Kier molecular flexibility index (Phi) is 9.06. The normalized spacial score (nSPS) is 12.0. The van der Waals surface area contributed by atoms with Gasteiger partial charge in [-0.2, -0.15) is 0 Å². The van der Waals surface area contributed by atoms with E-state index in [-0.39, 0.29) is 23.0 Å². The second kappa shape index (κ2) is 12.0. The van der Waals surface area contributed by atoms with E-state index < -0.39 is 34.3 Å². The number of nitrogens with zero attached hydrogens (tertiary/aromatic N) is 2. The third kappa shape index (κ3) is 6.61. The van der Waals surface area contributed by atoms with Gasteiger partial charge in [0.1, 0.15) is 18.4 Å². The molecule has 3 rings (SSSR count). The Morgan fingerprint density at radius 2 is 1.67 bits per heavy atom. The van der Waals surface area contributed by atoms with Gasteiger partial charge < -0.3 is 10.2 Å². The van der Waals surface area contributed by atoms with Crippen molar-refractivity contribution in [2.75, 3.05) is 17.4 Å². The van der Waals surface area contributed by atoms with Crippen LogP contribution in [0.4, 0.5) is 10.1 Å². The number of likely N-dealkylation sites (N-methyl/N-ethyl adjacent to an activating group) is 1. The minimum absolute atomic E-state index is 0.0386. The highest BCUT2D eigenvalue weighted by Crippen LogP contribution is 2.25. The van der Waals surface area contributed by atoms with Crippen molar-refractivity contribution < 1.29 is 22.4 Å². The van der Waals surface area contributed by atoms with Crippen LogP contribution in [0.2, 0.25) is 5.02 Å². The summed E-state index contributed by atoms with van der Waals surface area (Å²) in [7, 11) is -4.24. The van der Waals surface area contributed by atoms with Crippen LogP contribution in [-0.4, -0.2) is 44.3 Å². The fraction of sp³-hybridized carbons (Fsp3) is 0.231. The van der Waals surface area contributed by atoms with Gasteiger partial charge in [0.05, 0.1) is 10.6 Å². The van der Waals surface area contributed by atoms with E-state index in [0.717, 1.165) is 28.6 Å². The highest BCUT2D eigenvalue weighted by Gasteiger charge is 2.32. The van der Waals surface area contributed by atoms with Crippen LogP contribution >= 0.6 is 11.6 Å². The van der Waals surface area contributed by atoms with Crippen LogP contribution in [0.1, 0.15) is 19.4 Å². The molecule has 0 heterocycles. The number of hydrogen-bond acceptors (Lipinski definition) is 4. The maximum atomic E-state index is 13.6. The van der Waals surface area contributed by atoms with E-state index in [9.17, 15) is 22.4 Å². The summed E-state index contributed by atoms with van der Waals surface area (Å²) in [6.45, 7) is 3.18. The van der Waals surface area contributed by atoms with Crippen molar-refractivity contribution in [3.05, 3.63) is 95.3 Å². The van der Waals surface area contributed by atoms with Gasteiger partial charge in [-0.05, 0) is 67.9 Å². The van der Waals surface area contributed by atoms with Crippen LogP contribution in [0.25, 0.3) is 0 Å².